The van der Waals surface area contributed by atoms with Gasteiger partial charge in [-0.05, 0) is 44.9 Å². The number of aliphatic hydroxyl groups is 1. The van der Waals surface area contributed by atoms with Crippen LogP contribution in [0.4, 0.5) is 0 Å². The maximum Gasteiger partial charge on any atom is 0.157 e. The van der Waals surface area contributed by atoms with Crippen molar-refractivity contribution in [3.63, 3.8) is 0 Å². The molecule has 0 spiro atoms. The van der Waals surface area contributed by atoms with Gasteiger partial charge in [-0.3, -0.25) is 0 Å². The van der Waals surface area contributed by atoms with E-state index < -0.39 is 0 Å². The van der Waals surface area contributed by atoms with Gasteiger partial charge < -0.3 is 19.3 Å². The summed E-state index contributed by atoms with van der Waals surface area (Å²) in [5.74, 6) is 0. The SMILES string of the molecule is COC(CCCCCOCCCCO)OC1CCCC1. The molecule has 20 heavy (non-hydrogen) atoms. The van der Waals surface area contributed by atoms with Gasteiger partial charge in [0.15, 0.2) is 6.29 Å². The van der Waals surface area contributed by atoms with Crippen LogP contribution in [-0.4, -0.2) is 44.4 Å². The first-order chi connectivity index (χ1) is 9.86. The minimum Gasteiger partial charge on any atom is -0.396 e. The zero-order chi connectivity index (χ0) is 14.5. The fourth-order valence-corrected chi connectivity index (χ4v) is 2.59. The van der Waals surface area contributed by atoms with Crippen molar-refractivity contribution in [3.8, 4) is 0 Å². The van der Waals surface area contributed by atoms with Crippen LogP contribution in [-0.2, 0) is 14.2 Å². The van der Waals surface area contributed by atoms with Crippen LogP contribution in [0.15, 0.2) is 0 Å². The predicted octanol–water partition coefficient (Wildman–Crippen LogP) is 3.27. The third kappa shape index (κ3) is 8.90. The number of hydrogen-bond donors (Lipinski definition) is 1. The van der Waals surface area contributed by atoms with Gasteiger partial charge in [0.1, 0.15) is 0 Å². The van der Waals surface area contributed by atoms with E-state index in [1.807, 2.05) is 0 Å². The molecule has 1 unspecified atom stereocenters. The Bertz CT molecular complexity index is 205. The largest absolute Gasteiger partial charge is 0.396 e. The molecule has 0 aliphatic heterocycles. The summed E-state index contributed by atoms with van der Waals surface area (Å²) in [7, 11) is 1.74. The number of methoxy groups -OCH3 is 1. The van der Waals surface area contributed by atoms with Gasteiger partial charge in [-0.1, -0.05) is 19.3 Å². The summed E-state index contributed by atoms with van der Waals surface area (Å²) in [4.78, 5) is 0. The highest BCUT2D eigenvalue weighted by Crippen LogP contribution is 2.23. The van der Waals surface area contributed by atoms with E-state index in [0.717, 1.165) is 51.7 Å². The topological polar surface area (TPSA) is 47.9 Å². The number of hydrogen-bond acceptors (Lipinski definition) is 4. The van der Waals surface area contributed by atoms with Crippen LogP contribution in [0.5, 0.6) is 0 Å². The van der Waals surface area contributed by atoms with E-state index >= 15 is 0 Å². The molecule has 0 aromatic heterocycles. The summed E-state index contributed by atoms with van der Waals surface area (Å²) in [6, 6.07) is 0. The number of rotatable bonds is 13. The zero-order valence-corrected chi connectivity index (χ0v) is 13.0. The van der Waals surface area contributed by atoms with Gasteiger partial charge in [-0.2, -0.15) is 0 Å². The summed E-state index contributed by atoms with van der Waals surface area (Å²) in [6.45, 7) is 1.86. The first kappa shape index (κ1) is 17.9. The van der Waals surface area contributed by atoms with E-state index in [0.29, 0.717) is 6.10 Å². The van der Waals surface area contributed by atoms with Gasteiger partial charge in [0.25, 0.3) is 0 Å². The van der Waals surface area contributed by atoms with E-state index in [4.69, 9.17) is 19.3 Å². The highest BCUT2D eigenvalue weighted by molar-refractivity contribution is 4.67. The van der Waals surface area contributed by atoms with Crippen molar-refractivity contribution in [1.29, 1.82) is 0 Å². The molecule has 4 heteroatoms. The minimum atomic E-state index is -0.0245. The first-order valence-electron chi connectivity index (χ1n) is 8.23. The normalized spacial score (nSPS) is 17.7. The Balaban J connectivity index is 1.88. The highest BCUT2D eigenvalue weighted by atomic mass is 16.7. The third-order valence-corrected chi connectivity index (χ3v) is 3.83. The molecule has 1 fully saturated rings. The van der Waals surface area contributed by atoms with Crippen LogP contribution in [0.2, 0.25) is 0 Å². The van der Waals surface area contributed by atoms with Crippen molar-refractivity contribution >= 4 is 0 Å². The molecule has 0 heterocycles. The average molecular weight is 288 g/mol. The van der Waals surface area contributed by atoms with Gasteiger partial charge in [0.2, 0.25) is 0 Å². The molecule has 0 aromatic carbocycles. The summed E-state index contributed by atoms with van der Waals surface area (Å²) < 4.78 is 16.9. The Hall–Kier alpha value is -0.160. The standard InChI is InChI=1S/C16H32O4/c1-18-16(20-15-9-4-5-10-15)11-3-2-7-13-19-14-8-6-12-17/h15-17H,2-14H2,1H3. The lowest BCUT2D eigenvalue weighted by molar-refractivity contribution is -0.157. The Morgan fingerprint density at radius 3 is 2.35 bits per heavy atom. The Labute approximate surface area is 123 Å². The number of unbranched alkanes of at least 4 members (excludes halogenated alkanes) is 3. The van der Waals surface area contributed by atoms with Crippen LogP contribution in [0.25, 0.3) is 0 Å². The van der Waals surface area contributed by atoms with Crippen LogP contribution >= 0.6 is 0 Å². The molecule has 1 aliphatic rings. The molecule has 1 saturated carbocycles. The molecular weight excluding hydrogens is 256 g/mol. The van der Waals surface area contributed by atoms with Crippen molar-refractivity contribution in [2.45, 2.75) is 76.6 Å². The van der Waals surface area contributed by atoms with Crippen LogP contribution in [0.1, 0.15) is 64.2 Å². The van der Waals surface area contributed by atoms with Gasteiger partial charge in [-0.15, -0.1) is 0 Å². The Morgan fingerprint density at radius 2 is 1.70 bits per heavy atom. The van der Waals surface area contributed by atoms with Gasteiger partial charge >= 0.3 is 0 Å². The van der Waals surface area contributed by atoms with Gasteiger partial charge in [-0.25, -0.2) is 0 Å². The molecule has 1 aliphatic carbocycles. The predicted molar refractivity (Wildman–Crippen MR) is 79.7 cm³/mol. The Morgan fingerprint density at radius 1 is 1.00 bits per heavy atom. The number of ether oxygens (including phenoxy) is 3. The van der Waals surface area contributed by atoms with Crippen molar-refractivity contribution in [2.24, 2.45) is 0 Å². The molecule has 120 valence electrons. The second kappa shape index (κ2) is 12.6. The zero-order valence-electron chi connectivity index (χ0n) is 13.0. The van der Waals surface area contributed by atoms with Crippen LogP contribution in [0, 0.1) is 0 Å². The lowest BCUT2D eigenvalue weighted by atomic mass is 10.2. The van der Waals surface area contributed by atoms with Crippen LogP contribution < -0.4 is 0 Å². The average Bonchev–Trinajstić information content (AvgIpc) is 2.97. The van der Waals surface area contributed by atoms with Crippen molar-refractivity contribution in [2.75, 3.05) is 26.9 Å². The smallest absolute Gasteiger partial charge is 0.157 e. The summed E-state index contributed by atoms with van der Waals surface area (Å²) in [5, 5.41) is 8.64. The molecule has 0 amide bonds. The molecular formula is C16H32O4. The molecule has 1 atom stereocenters. The van der Waals surface area contributed by atoms with Crippen molar-refractivity contribution < 1.29 is 19.3 Å². The molecule has 0 aromatic rings. The van der Waals surface area contributed by atoms with E-state index in [2.05, 4.69) is 0 Å². The first-order valence-corrected chi connectivity index (χ1v) is 8.23. The van der Waals surface area contributed by atoms with Crippen molar-refractivity contribution in [3.05, 3.63) is 0 Å². The van der Waals surface area contributed by atoms with E-state index in [9.17, 15) is 0 Å². The fraction of sp³-hybridized carbons (Fsp3) is 1.00. The van der Waals surface area contributed by atoms with Crippen LogP contribution in [0.3, 0.4) is 0 Å². The second-order valence-corrected chi connectivity index (χ2v) is 5.60. The molecule has 0 radical (unpaired) electrons. The van der Waals surface area contributed by atoms with Gasteiger partial charge in [0, 0.05) is 26.9 Å². The maximum absolute atomic E-state index is 8.64. The van der Waals surface area contributed by atoms with Gasteiger partial charge in [0.05, 0.1) is 6.10 Å². The third-order valence-electron chi connectivity index (χ3n) is 3.83. The number of aliphatic hydroxyl groups excluding tert-OH is 1. The quantitative estimate of drug-likeness (QED) is 0.417. The Kier molecular flexibility index (Phi) is 11.2. The molecule has 1 N–H and O–H groups in total. The molecule has 1 rings (SSSR count). The minimum absolute atomic E-state index is 0.0245. The highest BCUT2D eigenvalue weighted by Gasteiger charge is 2.19. The summed E-state index contributed by atoms with van der Waals surface area (Å²) in [5.41, 5.74) is 0. The summed E-state index contributed by atoms with van der Waals surface area (Å²) >= 11 is 0. The maximum atomic E-state index is 8.64. The lowest BCUT2D eigenvalue weighted by Crippen LogP contribution is -2.21. The lowest BCUT2D eigenvalue weighted by Gasteiger charge is -2.20. The molecule has 4 nitrogen and oxygen atoms in total. The van der Waals surface area contributed by atoms with E-state index in [-0.39, 0.29) is 12.9 Å². The molecule has 0 bridgehead atoms. The monoisotopic (exact) mass is 288 g/mol. The summed E-state index contributed by atoms with van der Waals surface area (Å²) in [6.07, 6.45) is 11.6. The van der Waals surface area contributed by atoms with E-state index in [1.165, 1.54) is 25.7 Å². The molecule has 0 saturated heterocycles. The fourth-order valence-electron chi connectivity index (χ4n) is 2.59. The van der Waals surface area contributed by atoms with Crippen molar-refractivity contribution in [1.82, 2.24) is 0 Å². The second-order valence-electron chi connectivity index (χ2n) is 5.60. The van der Waals surface area contributed by atoms with E-state index in [1.54, 1.807) is 7.11 Å².